The number of rotatable bonds is 6. The highest BCUT2D eigenvalue weighted by molar-refractivity contribution is 5.97. The van der Waals surface area contributed by atoms with Crippen LogP contribution < -0.4 is 4.74 Å². The molecule has 1 aromatic rings. The molecule has 2 aliphatic rings. The highest BCUT2D eigenvalue weighted by atomic mass is 16.5. The van der Waals surface area contributed by atoms with Crippen molar-refractivity contribution in [2.45, 2.75) is 70.6 Å². The molecule has 1 fully saturated rings. The number of aliphatic hydroxyl groups is 2. The number of hydrogen-bond donors (Lipinski definition) is 2. The summed E-state index contributed by atoms with van der Waals surface area (Å²) in [6, 6.07) is 1.38. The third-order valence-corrected chi connectivity index (χ3v) is 6.49. The van der Waals surface area contributed by atoms with E-state index in [0.29, 0.717) is 36.4 Å². The van der Waals surface area contributed by atoms with Gasteiger partial charge in [-0.3, -0.25) is 4.79 Å². The summed E-state index contributed by atoms with van der Waals surface area (Å²) in [5.74, 6) is 6.14. The summed E-state index contributed by atoms with van der Waals surface area (Å²) in [6.45, 7) is 8.11. The largest absolute Gasteiger partial charge is 0.472 e. The molecule has 2 heterocycles. The summed E-state index contributed by atoms with van der Waals surface area (Å²) in [6.07, 6.45) is 5.80. The fourth-order valence-corrected chi connectivity index (χ4v) is 4.44. The van der Waals surface area contributed by atoms with Gasteiger partial charge in [-0.05, 0) is 58.7 Å². The molecule has 1 saturated carbocycles. The lowest BCUT2D eigenvalue weighted by atomic mass is 9.99. The van der Waals surface area contributed by atoms with Gasteiger partial charge in [-0.25, -0.2) is 4.98 Å². The van der Waals surface area contributed by atoms with E-state index in [4.69, 9.17) is 4.74 Å². The fourth-order valence-electron chi connectivity index (χ4n) is 4.44. The summed E-state index contributed by atoms with van der Waals surface area (Å²) in [5.41, 5.74) is -0.0245. The van der Waals surface area contributed by atoms with Gasteiger partial charge in [0.2, 0.25) is 5.88 Å². The minimum atomic E-state index is -0.952. The van der Waals surface area contributed by atoms with E-state index in [-0.39, 0.29) is 30.6 Å². The van der Waals surface area contributed by atoms with E-state index in [0.717, 1.165) is 32.4 Å². The molecule has 3 atom stereocenters. The summed E-state index contributed by atoms with van der Waals surface area (Å²) < 4.78 is 6.29. The van der Waals surface area contributed by atoms with Gasteiger partial charge in [0.1, 0.15) is 17.3 Å². The van der Waals surface area contributed by atoms with E-state index in [1.807, 2.05) is 6.92 Å². The van der Waals surface area contributed by atoms with E-state index >= 15 is 0 Å². The lowest BCUT2D eigenvalue weighted by molar-refractivity contribution is 0.0331. The minimum absolute atomic E-state index is 0.0679. The predicted molar refractivity (Wildman–Crippen MR) is 123 cm³/mol. The number of aromatic nitrogens is 1. The molecular formula is C25H37N3O4. The van der Waals surface area contributed by atoms with Crippen molar-refractivity contribution in [1.82, 2.24) is 14.8 Å². The molecule has 176 valence electrons. The van der Waals surface area contributed by atoms with Crippen LogP contribution in [0.15, 0.2) is 12.3 Å². The minimum Gasteiger partial charge on any atom is -0.472 e. The average Bonchev–Trinajstić information content (AvgIpc) is 3.21. The molecule has 0 unspecified atom stereocenters. The smallest absolute Gasteiger partial charge is 0.259 e. The van der Waals surface area contributed by atoms with Gasteiger partial charge in [0.25, 0.3) is 5.91 Å². The third kappa shape index (κ3) is 5.80. The first-order valence-electron chi connectivity index (χ1n) is 11.8. The normalized spacial score (nSPS) is 23.6. The van der Waals surface area contributed by atoms with Crippen molar-refractivity contribution in [2.75, 3.05) is 33.3 Å². The monoisotopic (exact) mass is 443 g/mol. The predicted octanol–water partition coefficient (Wildman–Crippen LogP) is 2.30. The third-order valence-electron chi connectivity index (χ3n) is 6.49. The van der Waals surface area contributed by atoms with Gasteiger partial charge in [-0.15, -0.1) is 0 Å². The van der Waals surface area contributed by atoms with Crippen LogP contribution in [0.5, 0.6) is 5.88 Å². The molecule has 1 aromatic heterocycles. The molecule has 0 bridgehead atoms. The molecule has 0 spiro atoms. The summed E-state index contributed by atoms with van der Waals surface area (Å²) >= 11 is 0. The lowest BCUT2D eigenvalue weighted by Gasteiger charge is -2.37. The van der Waals surface area contributed by atoms with Gasteiger partial charge < -0.3 is 24.7 Å². The summed E-state index contributed by atoms with van der Waals surface area (Å²) in [4.78, 5) is 21.8. The van der Waals surface area contributed by atoms with Crippen molar-refractivity contribution in [2.24, 2.45) is 5.92 Å². The molecule has 0 aromatic carbocycles. The first-order chi connectivity index (χ1) is 15.3. The maximum Gasteiger partial charge on any atom is 0.259 e. The van der Waals surface area contributed by atoms with Crippen LogP contribution in [0.2, 0.25) is 0 Å². The maximum atomic E-state index is 13.4. The first kappa shape index (κ1) is 24.5. The van der Waals surface area contributed by atoms with Gasteiger partial charge in [-0.2, -0.15) is 0 Å². The van der Waals surface area contributed by atoms with Crippen molar-refractivity contribution < 1.29 is 19.7 Å². The second-order valence-electron chi connectivity index (χ2n) is 9.45. The number of fused-ring (bicyclic) bond motifs is 1. The highest BCUT2D eigenvalue weighted by Gasteiger charge is 2.34. The number of nitrogens with zero attached hydrogens (tertiary/aromatic N) is 3. The number of aliphatic hydroxyl groups excluding tert-OH is 1. The lowest BCUT2D eigenvalue weighted by Crippen LogP contribution is -2.50. The van der Waals surface area contributed by atoms with E-state index in [1.165, 1.54) is 0 Å². The number of carbonyl (C=O) groups excluding carboxylic acids is 1. The molecule has 7 nitrogen and oxygen atoms in total. The molecular weight excluding hydrogens is 406 g/mol. The van der Waals surface area contributed by atoms with Crippen LogP contribution >= 0.6 is 0 Å². The quantitative estimate of drug-likeness (QED) is 0.656. The fraction of sp³-hybridized carbons (Fsp3) is 0.680. The van der Waals surface area contributed by atoms with Crippen molar-refractivity contribution in [3.05, 3.63) is 23.4 Å². The topological polar surface area (TPSA) is 86.1 Å². The van der Waals surface area contributed by atoms with E-state index in [2.05, 4.69) is 42.6 Å². The van der Waals surface area contributed by atoms with Gasteiger partial charge in [0.15, 0.2) is 0 Å². The standard InChI is InChI=1S/C25H37N3O4/c1-5-12-27(4)16-22-18(2)15-28(19(3)17-29)24(30)21-13-20(14-26-23(21)32-22)8-11-25(31)9-6-7-10-25/h13-14,18-19,22,29,31H,5-7,9-10,12,15-17H2,1-4H3/t18-,19+,22-/m1/s1. The van der Waals surface area contributed by atoms with Crippen LogP contribution in [0, 0.1) is 17.8 Å². The van der Waals surface area contributed by atoms with Gasteiger partial charge in [0.05, 0.1) is 12.6 Å². The van der Waals surface area contributed by atoms with E-state index in [9.17, 15) is 15.0 Å². The Labute approximate surface area is 191 Å². The van der Waals surface area contributed by atoms with Crippen molar-refractivity contribution in [3.63, 3.8) is 0 Å². The summed E-state index contributed by atoms with van der Waals surface area (Å²) in [5, 5.41) is 20.3. The van der Waals surface area contributed by atoms with Crippen LogP contribution in [0.4, 0.5) is 0 Å². The van der Waals surface area contributed by atoms with Crippen molar-refractivity contribution in [3.8, 4) is 17.7 Å². The molecule has 2 N–H and O–H groups in total. The Balaban J connectivity index is 1.95. The zero-order chi connectivity index (χ0) is 23.3. The second-order valence-corrected chi connectivity index (χ2v) is 9.45. The van der Waals surface area contributed by atoms with Gasteiger partial charge in [-0.1, -0.05) is 25.7 Å². The molecule has 32 heavy (non-hydrogen) atoms. The highest BCUT2D eigenvalue weighted by Crippen LogP contribution is 2.30. The number of carbonyl (C=O) groups is 1. The van der Waals surface area contributed by atoms with Gasteiger partial charge >= 0.3 is 0 Å². The molecule has 1 amide bonds. The molecule has 0 saturated heterocycles. The molecule has 7 heteroatoms. The Morgan fingerprint density at radius 2 is 2.12 bits per heavy atom. The molecule has 1 aliphatic heterocycles. The SMILES string of the molecule is CCCN(C)C[C@H]1Oc2ncc(C#CC3(O)CCCC3)cc2C(=O)N([C@@H](C)CO)C[C@H]1C. The van der Waals surface area contributed by atoms with E-state index in [1.54, 1.807) is 17.2 Å². The first-order valence-corrected chi connectivity index (χ1v) is 11.8. The summed E-state index contributed by atoms with van der Waals surface area (Å²) in [7, 11) is 2.07. The maximum absolute atomic E-state index is 13.4. The Morgan fingerprint density at radius 3 is 2.78 bits per heavy atom. The zero-order valence-electron chi connectivity index (χ0n) is 19.8. The van der Waals surface area contributed by atoms with E-state index < -0.39 is 5.60 Å². The van der Waals surface area contributed by atoms with Crippen LogP contribution in [-0.4, -0.2) is 81.9 Å². The Bertz CT molecular complexity index is 856. The van der Waals surface area contributed by atoms with Crippen LogP contribution in [0.25, 0.3) is 0 Å². The second kappa shape index (κ2) is 10.7. The van der Waals surface area contributed by atoms with Crippen LogP contribution in [0.3, 0.4) is 0 Å². The Hall–Kier alpha value is -2.14. The number of pyridine rings is 1. The zero-order valence-corrected chi connectivity index (χ0v) is 19.8. The number of amides is 1. The van der Waals surface area contributed by atoms with Gasteiger partial charge in [0, 0.05) is 30.8 Å². The van der Waals surface area contributed by atoms with Crippen molar-refractivity contribution in [1.29, 1.82) is 0 Å². The Morgan fingerprint density at radius 1 is 1.41 bits per heavy atom. The van der Waals surface area contributed by atoms with Crippen LogP contribution in [-0.2, 0) is 0 Å². The number of likely N-dealkylation sites (N-methyl/N-ethyl adjacent to an activating group) is 1. The number of ether oxygens (including phenoxy) is 1. The molecule has 0 radical (unpaired) electrons. The Kier molecular flexibility index (Phi) is 8.16. The molecule has 3 rings (SSSR count). The van der Waals surface area contributed by atoms with Crippen molar-refractivity contribution >= 4 is 5.91 Å². The van der Waals surface area contributed by atoms with Crippen LogP contribution in [0.1, 0.15) is 68.8 Å². The average molecular weight is 444 g/mol. The molecule has 1 aliphatic carbocycles. The number of hydrogen-bond acceptors (Lipinski definition) is 6.